The fraction of sp³-hybridized carbons (Fsp3) is 0.810. The van der Waals surface area contributed by atoms with Gasteiger partial charge in [0, 0.05) is 55.7 Å². The van der Waals surface area contributed by atoms with E-state index >= 15 is 0 Å². The highest BCUT2D eigenvalue weighted by Gasteiger charge is 2.39. The van der Waals surface area contributed by atoms with Gasteiger partial charge >= 0.3 is 0 Å². The van der Waals surface area contributed by atoms with Crippen molar-refractivity contribution in [3.05, 3.63) is 17.5 Å². The maximum absolute atomic E-state index is 5.53. The zero-order valence-corrected chi connectivity index (χ0v) is 18.6. The lowest BCUT2D eigenvalue weighted by molar-refractivity contribution is 0.107. The summed E-state index contributed by atoms with van der Waals surface area (Å²) in [5, 5.41) is 11.3. The first kappa shape index (κ1) is 21.5. The Labute approximate surface area is 174 Å². The maximum Gasteiger partial charge on any atom is 0.191 e. The monoisotopic (exact) mass is 407 g/mol. The van der Waals surface area contributed by atoms with Crippen molar-refractivity contribution in [1.29, 1.82) is 0 Å². The molecule has 1 aliphatic heterocycles. The normalized spacial score (nSPS) is 20.6. The summed E-state index contributed by atoms with van der Waals surface area (Å²) in [6, 6.07) is 2.09. The molecule has 1 aliphatic carbocycles. The second kappa shape index (κ2) is 10.5. The number of thioether (sulfide) groups is 1. The Balaban J connectivity index is 1.52. The summed E-state index contributed by atoms with van der Waals surface area (Å²) in [6.07, 6.45) is 7.46. The average molecular weight is 408 g/mol. The number of aliphatic imine (C=N–C) groups is 1. The topological polar surface area (TPSA) is 65.7 Å². The molecule has 3 rings (SSSR count). The van der Waals surface area contributed by atoms with Crippen LogP contribution >= 0.6 is 11.8 Å². The van der Waals surface area contributed by atoms with Crippen LogP contribution in [-0.2, 0) is 6.54 Å². The van der Waals surface area contributed by atoms with Gasteiger partial charge in [-0.25, -0.2) is 0 Å². The minimum absolute atomic E-state index is 0.299. The van der Waals surface area contributed by atoms with Crippen LogP contribution in [0, 0.1) is 0 Å². The molecule has 7 heteroatoms. The van der Waals surface area contributed by atoms with E-state index in [1.165, 1.54) is 50.3 Å². The molecule has 2 aliphatic rings. The lowest BCUT2D eigenvalue weighted by Gasteiger charge is -2.43. The van der Waals surface area contributed by atoms with Crippen molar-refractivity contribution in [3.63, 3.8) is 0 Å². The van der Waals surface area contributed by atoms with Crippen LogP contribution in [0.5, 0.6) is 0 Å². The van der Waals surface area contributed by atoms with Crippen LogP contribution in [0.1, 0.15) is 69.7 Å². The van der Waals surface area contributed by atoms with Gasteiger partial charge in [-0.05, 0) is 25.7 Å². The van der Waals surface area contributed by atoms with Crippen LogP contribution < -0.4 is 10.6 Å². The van der Waals surface area contributed by atoms with Crippen LogP contribution in [0.25, 0.3) is 0 Å². The minimum atomic E-state index is 0.299. The third-order valence-electron chi connectivity index (χ3n) is 6.44. The molecular weight excluding hydrogens is 370 g/mol. The molecule has 1 aromatic rings. The number of guanidine groups is 1. The van der Waals surface area contributed by atoms with Gasteiger partial charge in [-0.3, -0.25) is 9.89 Å². The van der Waals surface area contributed by atoms with E-state index in [0.29, 0.717) is 18.0 Å². The van der Waals surface area contributed by atoms with Crippen molar-refractivity contribution in [1.82, 2.24) is 20.7 Å². The molecular formula is C21H37N5OS. The molecule has 2 N–H and O–H groups in total. The summed E-state index contributed by atoms with van der Waals surface area (Å²) in [7, 11) is 1.84. The summed E-state index contributed by atoms with van der Waals surface area (Å²) >= 11 is 2.08. The predicted molar refractivity (Wildman–Crippen MR) is 118 cm³/mol. The molecule has 0 spiro atoms. The van der Waals surface area contributed by atoms with Crippen LogP contribution in [0.3, 0.4) is 0 Å². The van der Waals surface area contributed by atoms with Gasteiger partial charge in [0.25, 0.3) is 0 Å². The van der Waals surface area contributed by atoms with Crippen LogP contribution in [-0.4, -0.2) is 59.7 Å². The zero-order valence-electron chi connectivity index (χ0n) is 17.8. The minimum Gasteiger partial charge on any atom is -0.359 e. The standard InChI is InChI=1S/C21H37N5OS/c1-4-17(5-2)19-14-18(27-25-19)15-23-20(22-3)24-16-21(8-6-7-9-21)26-10-12-28-13-11-26/h14,17H,4-13,15-16H2,1-3H3,(H2,22,23,24). The summed E-state index contributed by atoms with van der Waals surface area (Å²) < 4.78 is 5.53. The number of rotatable bonds is 8. The highest BCUT2D eigenvalue weighted by molar-refractivity contribution is 7.99. The SMILES string of the molecule is CCC(CC)c1cc(CNC(=NC)NCC2(N3CCSCC3)CCCC2)on1. The molecule has 0 amide bonds. The van der Waals surface area contributed by atoms with Crippen LogP contribution in [0.2, 0.25) is 0 Å². The third kappa shape index (κ3) is 5.23. The molecule has 0 aromatic carbocycles. The number of aromatic nitrogens is 1. The van der Waals surface area contributed by atoms with Crippen molar-refractivity contribution in [2.45, 2.75) is 70.4 Å². The highest BCUT2D eigenvalue weighted by Crippen LogP contribution is 2.36. The molecule has 6 nitrogen and oxygen atoms in total. The number of hydrogen-bond acceptors (Lipinski definition) is 5. The molecule has 0 unspecified atom stereocenters. The molecule has 2 heterocycles. The first-order valence-electron chi connectivity index (χ1n) is 10.9. The van der Waals surface area contributed by atoms with Crippen molar-refractivity contribution in [2.75, 3.05) is 38.2 Å². The molecule has 1 saturated heterocycles. The molecule has 158 valence electrons. The Morgan fingerprint density at radius 1 is 1.25 bits per heavy atom. The molecule has 0 atom stereocenters. The maximum atomic E-state index is 5.53. The van der Waals surface area contributed by atoms with Gasteiger partial charge in [-0.15, -0.1) is 0 Å². The highest BCUT2D eigenvalue weighted by atomic mass is 32.2. The van der Waals surface area contributed by atoms with Gasteiger partial charge in [0.2, 0.25) is 0 Å². The Bertz CT molecular complexity index is 616. The van der Waals surface area contributed by atoms with Crippen molar-refractivity contribution in [3.8, 4) is 0 Å². The lowest BCUT2D eigenvalue weighted by Crippen LogP contribution is -2.57. The fourth-order valence-corrected chi connectivity index (χ4v) is 5.53. The largest absolute Gasteiger partial charge is 0.359 e. The van der Waals surface area contributed by atoms with E-state index in [0.717, 1.165) is 36.8 Å². The third-order valence-corrected chi connectivity index (χ3v) is 7.38. The van der Waals surface area contributed by atoms with Crippen LogP contribution in [0.4, 0.5) is 0 Å². The average Bonchev–Trinajstić information content (AvgIpc) is 3.41. The summed E-state index contributed by atoms with van der Waals surface area (Å²) in [4.78, 5) is 7.16. The lowest BCUT2D eigenvalue weighted by atomic mass is 9.94. The summed E-state index contributed by atoms with van der Waals surface area (Å²) in [5.74, 6) is 4.73. The van der Waals surface area contributed by atoms with Gasteiger partial charge < -0.3 is 15.2 Å². The van der Waals surface area contributed by atoms with Crippen molar-refractivity contribution < 1.29 is 4.52 Å². The van der Waals surface area contributed by atoms with Gasteiger partial charge in [0.05, 0.1) is 12.2 Å². The second-order valence-electron chi connectivity index (χ2n) is 8.04. The number of nitrogens with one attached hydrogen (secondary N) is 2. The zero-order chi connectivity index (χ0) is 19.8. The van der Waals surface area contributed by atoms with E-state index in [-0.39, 0.29) is 0 Å². The molecule has 0 bridgehead atoms. The Hall–Kier alpha value is -1.21. The second-order valence-corrected chi connectivity index (χ2v) is 9.27. The van der Waals surface area contributed by atoms with Gasteiger partial charge in [-0.2, -0.15) is 11.8 Å². The molecule has 0 radical (unpaired) electrons. The van der Waals surface area contributed by atoms with Gasteiger partial charge in [-0.1, -0.05) is 31.8 Å². The quantitative estimate of drug-likeness (QED) is 0.507. The van der Waals surface area contributed by atoms with E-state index in [2.05, 4.69) is 57.4 Å². The van der Waals surface area contributed by atoms with E-state index in [9.17, 15) is 0 Å². The number of nitrogens with zero attached hydrogens (tertiary/aromatic N) is 3. The summed E-state index contributed by atoms with van der Waals surface area (Å²) in [5.41, 5.74) is 1.37. The first-order valence-corrected chi connectivity index (χ1v) is 12.1. The first-order chi connectivity index (χ1) is 13.7. The van der Waals surface area contributed by atoms with E-state index < -0.39 is 0 Å². The molecule has 28 heavy (non-hydrogen) atoms. The predicted octanol–water partition coefficient (Wildman–Crippen LogP) is 3.60. The Morgan fingerprint density at radius 3 is 2.61 bits per heavy atom. The fourth-order valence-electron chi connectivity index (χ4n) is 4.63. The Morgan fingerprint density at radius 2 is 1.96 bits per heavy atom. The molecule has 1 aromatic heterocycles. The van der Waals surface area contributed by atoms with E-state index in [1.807, 2.05) is 7.05 Å². The van der Waals surface area contributed by atoms with Crippen molar-refractivity contribution in [2.24, 2.45) is 4.99 Å². The smallest absolute Gasteiger partial charge is 0.191 e. The van der Waals surface area contributed by atoms with Crippen molar-refractivity contribution >= 4 is 17.7 Å². The molecule has 2 fully saturated rings. The Kier molecular flexibility index (Phi) is 8.09. The van der Waals surface area contributed by atoms with E-state index in [1.54, 1.807) is 0 Å². The van der Waals surface area contributed by atoms with Crippen LogP contribution in [0.15, 0.2) is 15.6 Å². The van der Waals surface area contributed by atoms with E-state index in [4.69, 9.17) is 4.52 Å². The number of hydrogen-bond donors (Lipinski definition) is 2. The van der Waals surface area contributed by atoms with Gasteiger partial charge in [0.1, 0.15) is 0 Å². The summed E-state index contributed by atoms with van der Waals surface area (Å²) in [6.45, 7) is 8.41. The molecule has 1 saturated carbocycles. The van der Waals surface area contributed by atoms with Gasteiger partial charge in [0.15, 0.2) is 11.7 Å².